The zero-order valence-electron chi connectivity index (χ0n) is 19.1. The molecule has 172 valence electrons. The van der Waals surface area contributed by atoms with Crippen molar-refractivity contribution in [2.45, 2.75) is 32.1 Å². The first-order chi connectivity index (χ1) is 16.0. The number of nitrogens with zero attached hydrogens (tertiary/aromatic N) is 4. The predicted molar refractivity (Wildman–Crippen MR) is 131 cm³/mol. The molecule has 0 aliphatic carbocycles. The van der Waals surface area contributed by atoms with Crippen molar-refractivity contribution in [1.29, 1.82) is 0 Å². The molecule has 0 radical (unpaired) electrons. The second kappa shape index (κ2) is 9.18. The maximum absolute atomic E-state index is 13.2. The molecule has 2 saturated heterocycles. The maximum Gasteiger partial charge on any atom is 0.226 e. The van der Waals surface area contributed by atoms with Crippen molar-refractivity contribution in [2.24, 2.45) is 5.92 Å². The van der Waals surface area contributed by atoms with Crippen LogP contribution in [0.1, 0.15) is 36.4 Å². The number of ether oxygens (including phenoxy) is 1. The van der Waals surface area contributed by atoms with Gasteiger partial charge in [-0.05, 0) is 49.9 Å². The van der Waals surface area contributed by atoms with E-state index in [-0.39, 0.29) is 11.8 Å². The van der Waals surface area contributed by atoms with Gasteiger partial charge in [0.15, 0.2) is 0 Å². The monoisotopic (exact) mass is 464 g/mol. The van der Waals surface area contributed by atoms with Gasteiger partial charge in [0.2, 0.25) is 11.9 Å². The summed E-state index contributed by atoms with van der Waals surface area (Å²) in [7, 11) is 1.66. The quantitative estimate of drug-likeness (QED) is 0.553. The third-order valence-electron chi connectivity index (χ3n) is 7.05. The van der Waals surface area contributed by atoms with Crippen LogP contribution in [0.5, 0.6) is 5.75 Å². The number of aryl methyl sites for hydroxylation is 1. The number of methoxy groups -OCH3 is 1. The summed E-state index contributed by atoms with van der Waals surface area (Å²) < 4.78 is 5.36. The number of rotatable bonds is 4. The van der Waals surface area contributed by atoms with E-state index in [4.69, 9.17) is 26.3 Å². The summed E-state index contributed by atoms with van der Waals surface area (Å²) in [6.07, 6.45) is 2.62. The van der Waals surface area contributed by atoms with Crippen LogP contribution in [0.15, 0.2) is 42.5 Å². The van der Waals surface area contributed by atoms with E-state index in [1.807, 2.05) is 48.2 Å². The third kappa shape index (κ3) is 4.36. The molecule has 2 fully saturated rings. The Labute approximate surface area is 199 Å². The number of anilines is 1. The molecule has 33 heavy (non-hydrogen) atoms. The average Bonchev–Trinajstić information content (AvgIpc) is 3.33. The maximum atomic E-state index is 13.2. The zero-order chi connectivity index (χ0) is 22.9. The lowest BCUT2D eigenvalue weighted by atomic mass is 9.95. The summed E-state index contributed by atoms with van der Waals surface area (Å²) in [6, 6.07) is 13.9. The van der Waals surface area contributed by atoms with Crippen molar-refractivity contribution in [2.75, 3.05) is 38.2 Å². The van der Waals surface area contributed by atoms with Crippen molar-refractivity contribution >= 4 is 34.4 Å². The molecule has 6 nitrogen and oxygen atoms in total. The van der Waals surface area contributed by atoms with E-state index >= 15 is 0 Å². The summed E-state index contributed by atoms with van der Waals surface area (Å²) in [5, 5.41) is 1.83. The zero-order valence-corrected chi connectivity index (χ0v) is 19.9. The number of amides is 1. The average molecular weight is 465 g/mol. The van der Waals surface area contributed by atoms with Crippen LogP contribution in [0.3, 0.4) is 0 Å². The van der Waals surface area contributed by atoms with Gasteiger partial charge in [-0.15, -0.1) is 0 Å². The molecule has 3 aromatic rings. The molecule has 3 heterocycles. The Morgan fingerprint density at radius 3 is 2.61 bits per heavy atom. The summed E-state index contributed by atoms with van der Waals surface area (Å²) >= 11 is 6.39. The fraction of sp³-hybridized carbons (Fsp3) is 0.423. The number of likely N-dealkylation sites (tertiary alicyclic amines) is 1. The lowest BCUT2D eigenvalue weighted by Crippen LogP contribution is -2.42. The lowest BCUT2D eigenvalue weighted by Gasteiger charge is -2.33. The molecule has 7 heteroatoms. The highest BCUT2D eigenvalue weighted by molar-refractivity contribution is 6.31. The Balaban J connectivity index is 1.23. The molecule has 1 amide bonds. The highest BCUT2D eigenvalue weighted by Gasteiger charge is 2.34. The third-order valence-corrected chi connectivity index (χ3v) is 7.40. The van der Waals surface area contributed by atoms with Crippen molar-refractivity contribution < 1.29 is 9.53 Å². The standard InChI is InChI=1S/C26H29ClN4O2/c1-17-21-8-7-20(33-2)15-24(21)29-26(28-17)30-12-9-18(10-13-30)25(32)31-14-11-19(16-31)22-5-3-4-6-23(22)27/h3-8,15,18-19H,9-14,16H2,1-2H3. The number of carbonyl (C=O) groups is 1. The molecule has 2 aromatic carbocycles. The van der Waals surface area contributed by atoms with Crippen LogP contribution < -0.4 is 9.64 Å². The number of fused-ring (bicyclic) bond motifs is 1. The summed E-state index contributed by atoms with van der Waals surface area (Å²) in [6.45, 7) is 5.15. The van der Waals surface area contributed by atoms with Gasteiger partial charge in [0, 0.05) is 54.5 Å². The van der Waals surface area contributed by atoms with Gasteiger partial charge in [-0.1, -0.05) is 29.8 Å². The van der Waals surface area contributed by atoms with Gasteiger partial charge in [-0.3, -0.25) is 4.79 Å². The largest absolute Gasteiger partial charge is 0.497 e. The number of halogens is 1. The Bertz CT molecular complexity index is 1180. The van der Waals surface area contributed by atoms with Crippen LogP contribution in [-0.2, 0) is 4.79 Å². The minimum atomic E-state index is 0.0629. The summed E-state index contributed by atoms with van der Waals surface area (Å²) in [4.78, 5) is 27.0. The Hall–Kier alpha value is -2.86. The van der Waals surface area contributed by atoms with Crippen molar-refractivity contribution in [3.05, 3.63) is 58.7 Å². The number of hydrogen-bond acceptors (Lipinski definition) is 5. The summed E-state index contributed by atoms with van der Waals surface area (Å²) in [5.74, 6) is 2.20. The second-order valence-corrected chi connectivity index (χ2v) is 9.45. The van der Waals surface area contributed by atoms with Gasteiger partial charge in [0.25, 0.3) is 0 Å². The van der Waals surface area contributed by atoms with Crippen LogP contribution >= 0.6 is 11.6 Å². The molecular formula is C26H29ClN4O2. The highest BCUT2D eigenvalue weighted by Crippen LogP contribution is 2.34. The van der Waals surface area contributed by atoms with Gasteiger partial charge in [-0.2, -0.15) is 0 Å². The van der Waals surface area contributed by atoms with E-state index in [0.717, 1.165) is 84.3 Å². The first kappa shape index (κ1) is 22.0. The van der Waals surface area contributed by atoms with Crippen molar-refractivity contribution in [3.8, 4) is 5.75 Å². The van der Waals surface area contributed by atoms with E-state index in [2.05, 4.69) is 11.0 Å². The van der Waals surface area contributed by atoms with E-state index in [1.54, 1.807) is 7.11 Å². The first-order valence-corrected chi connectivity index (χ1v) is 12.0. The normalized spacial score (nSPS) is 19.3. The summed E-state index contributed by atoms with van der Waals surface area (Å²) in [5.41, 5.74) is 3.00. The van der Waals surface area contributed by atoms with Gasteiger partial charge < -0.3 is 14.5 Å². The van der Waals surface area contributed by atoms with E-state index in [1.165, 1.54) is 0 Å². The Morgan fingerprint density at radius 2 is 1.85 bits per heavy atom. The van der Waals surface area contributed by atoms with Crippen molar-refractivity contribution in [1.82, 2.24) is 14.9 Å². The molecule has 1 unspecified atom stereocenters. The molecule has 2 aliphatic rings. The fourth-order valence-electron chi connectivity index (χ4n) is 5.13. The van der Waals surface area contributed by atoms with E-state index in [0.29, 0.717) is 5.92 Å². The highest BCUT2D eigenvalue weighted by atomic mass is 35.5. The topological polar surface area (TPSA) is 58.6 Å². The van der Waals surface area contributed by atoms with Crippen LogP contribution in [0.2, 0.25) is 5.02 Å². The molecule has 1 aromatic heterocycles. The predicted octanol–water partition coefficient (Wildman–Crippen LogP) is 4.83. The molecule has 0 spiro atoms. The van der Waals surface area contributed by atoms with Gasteiger partial charge in [0.05, 0.1) is 18.3 Å². The van der Waals surface area contributed by atoms with Crippen LogP contribution in [0, 0.1) is 12.8 Å². The Morgan fingerprint density at radius 1 is 1.06 bits per heavy atom. The smallest absolute Gasteiger partial charge is 0.226 e. The minimum absolute atomic E-state index is 0.0629. The molecule has 0 saturated carbocycles. The second-order valence-electron chi connectivity index (χ2n) is 9.04. The number of carbonyl (C=O) groups excluding carboxylic acids is 1. The van der Waals surface area contributed by atoms with Crippen LogP contribution in [-0.4, -0.2) is 54.1 Å². The Kier molecular flexibility index (Phi) is 6.11. The SMILES string of the molecule is COc1ccc2c(C)nc(N3CCC(C(=O)N4CCC(c5ccccc5Cl)C4)CC3)nc2c1. The number of aromatic nitrogens is 2. The molecule has 0 N–H and O–H groups in total. The molecule has 0 bridgehead atoms. The minimum Gasteiger partial charge on any atom is -0.497 e. The van der Waals surface area contributed by atoms with E-state index < -0.39 is 0 Å². The van der Waals surface area contributed by atoms with Gasteiger partial charge in [-0.25, -0.2) is 9.97 Å². The van der Waals surface area contributed by atoms with Gasteiger partial charge >= 0.3 is 0 Å². The number of piperidine rings is 1. The molecule has 2 aliphatic heterocycles. The number of hydrogen-bond donors (Lipinski definition) is 0. The van der Waals surface area contributed by atoms with Crippen molar-refractivity contribution in [3.63, 3.8) is 0 Å². The first-order valence-electron chi connectivity index (χ1n) is 11.6. The molecular weight excluding hydrogens is 436 g/mol. The molecule has 1 atom stereocenters. The van der Waals surface area contributed by atoms with Crippen LogP contribution in [0.4, 0.5) is 5.95 Å². The number of benzene rings is 2. The lowest BCUT2D eigenvalue weighted by molar-refractivity contribution is -0.135. The van der Waals surface area contributed by atoms with Crippen LogP contribution in [0.25, 0.3) is 10.9 Å². The van der Waals surface area contributed by atoms with E-state index in [9.17, 15) is 4.79 Å². The fourth-order valence-corrected chi connectivity index (χ4v) is 5.42. The molecule has 5 rings (SSSR count). The van der Waals surface area contributed by atoms with Gasteiger partial charge in [0.1, 0.15) is 5.75 Å².